The van der Waals surface area contributed by atoms with Crippen LogP contribution in [-0.2, 0) is 0 Å². The van der Waals surface area contributed by atoms with Crippen LogP contribution in [0, 0.1) is 0 Å². The molecule has 6 heteroatoms. The Kier molecular flexibility index (Phi) is 9.36. The van der Waals surface area contributed by atoms with E-state index in [1.54, 1.807) is 48.5 Å². The van der Waals surface area contributed by atoms with E-state index in [-0.39, 0.29) is 17.1 Å². The van der Waals surface area contributed by atoms with Crippen molar-refractivity contribution in [1.82, 2.24) is 0 Å². The maximum absolute atomic E-state index is 12.6. The van der Waals surface area contributed by atoms with Crippen LogP contribution in [-0.4, -0.2) is 19.7 Å². The first-order valence-electron chi connectivity index (χ1n) is 11.7. The molecular formula is C27H32O6. The molecule has 0 radical (unpaired) electrons. The monoisotopic (exact) mass is 452 g/mol. The summed E-state index contributed by atoms with van der Waals surface area (Å²) in [6.07, 6.45) is 9.80. The summed E-state index contributed by atoms with van der Waals surface area (Å²) in [7, 11) is 1.33. The van der Waals surface area contributed by atoms with Gasteiger partial charge in [-0.05, 0) is 30.7 Å². The SMILES string of the molecule is CCCCCCCCCCOc1ccc2c(OC(=O)c3ccccc3)c(OC)c(=O)oc2c1. The average molecular weight is 453 g/mol. The second-order valence-corrected chi connectivity index (χ2v) is 7.99. The fourth-order valence-corrected chi connectivity index (χ4v) is 3.65. The fourth-order valence-electron chi connectivity index (χ4n) is 3.65. The van der Waals surface area contributed by atoms with Crippen molar-refractivity contribution in [2.24, 2.45) is 0 Å². The summed E-state index contributed by atoms with van der Waals surface area (Å²) in [6, 6.07) is 13.7. The highest BCUT2D eigenvalue weighted by Crippen LogP contribution is 2.35. The molecule has 0 saturated carbocycles. The summed E-state index contributed by atoms with van der Waals surface area (Å²) in [4.78, 5) is 25.0. The van der Waals surface area contributed by atoms with Crippen LogP contribution in [0.15, 0.2) is 57.7 Å². The number of fused-ring (bicyclic) bond motifs is 1. The molecular weight excluding hydrogens is 420 g/mol. The maximum atomic E-state index is 12.6. The molecule has 0 aliphatic heterocycles. The molecule has 0 aliphatic rings. The molecule has 0 saturated heterocycles. The van der Waals surface area contributed by atoms with E-state index in [0.29, 0.717) is 23.3 Å². The summed E-state index contributed by atoms with van der Waals surface area (Å²) >= 11 is 0. The fraction of sp³-hybridized carbons (Fsp3) is 0.407. The van der Waals surface area contributed by atoms with Crippen LogP contribution in [0.3, 0.4) is 0 Å². The van der Waals surface area contributed by atoms with Crippen LogP contribution < -0.4 is 19.8 Å². The first-order valence-corrected chi connectivity index (χ1v) is 11.7. The van der Waals surface area contributed by atoms with Crippen molar-refractivity contribution in [2.75, 3.05) is 13.7 Å². The Morgan fingerprint density at radius 2 is 1.58 bits per heavy atom. The number of methoxy groups -OCH3 is 1. The highest BCUT2D eigenvalue weighted by Gasteiger charge is 2.21. The number of hydrogen-bond donors (Lipinski definition) is 0. The van der Waals surface area contributed by atoms with Crippen molar-refractivity contribution in [1.29, 1.82) is 0 Å². The van der Waals surface area contributed by atoms with Crippen LogP contribution in [0.1, 0.15) is 68.6 Å². The summed E-state index contributed by atoms with van der Waals surface area (Å²) in [5, 5.41) is 0.454. The largest absolute Gasteiger partial charge is 0.493 e. The molecule has 0 unspecified atom stereocenters. The van der Waals surface area contributed by atoms with Crippen molar-refractivity contribution < 1.29 is 23.4 Å². The summed E-state index contributed by atoms with van der Waals surface area (Å²) in [5.74, 6) is -0.110. The van der Waals surface area contributed by atoms with Gasteiger partial charge in [0.1, 0.15) is 11.3 Å². The number of rotatable bonds is 13. The average Bonchev–Trinajstić information content (AvgIpc) is 2.83. The van der Waals surface area contributed by atoms with Gasteiger partial charge in [-0.2, -0.15) is 0 Å². The lowest BCUT2D eigenvalue weighted by Crippen LogP contribution is -2.13. The Morgan fingerprint density at radius 1 is 0.879 bits per heavy atom. The van der Waals surface area contributed by atoms with E-state index >= 15 is 0 Å². The molecule has 0 aliphatic carbocycles. The van der Waals surface area contributed by atoms with Gasteiger partial charge in [-0.1, -0.05) is 70.1 Å². The molecule has 1 heterocycles. The number of esters is 1. The smallest absolute Gasteiger partial charge is 0.383 e. The summed E-state index contributed by atoms with van der Waals surface area (Å²) in [5.41, 5.74) is -0.0857. The predicted octanol–water partition coefficient (Wildman–Crippen LogP) is 6.54. The third-order valence-corrected chi connectivity index (χ3v) is 5.47. The molecule has 0 bridgehead atoms. The third kappa shape index (κ3) is 6.85. The molecule has 1 aromatic heterocycles. The van der Waals surface area contributed by atoms with Gasteiger partial charge in [-0.15, -0.1) is 0 Å². The summed E-state index contributed by atoms with van der Waals surface area (Å²) in [6.45, 7) is 2.82. The third-order valence-electron chi connectivity index (χ3n) is 5.47. The first-order chi connectivity index (χ1) is 16.1. The molecule has 176 valence electrons. The van der Waals surface area contributed by atoms with E-state index in [1.807, 2.05) is 0 Å². The molecule has 0 fully saturated rings. The molecule has 0 N–H and O–H groups in total. The van der Waals surface area contributed by atoms with E-state index in [2.05, 4.69) is 6.92 Å². The summed E-state index contributed by atoms with van der Waals surface area (Å²) < 4.78 is 22.0. The van der Waals surface area contributed by atoms with Gasteiger partial charge < -0.3 is 18.6 Å². The Hall–Kier alpha value is -3.28. The number of hydrogen-bond acceptors (Lipinski definition) is 6. The van der Waals surface area contributed by atoms with E-state index in [1.165, 1.54) is 45.6 Å². The zero-order chi connectivity index (χ0) is 23.5. The number of carbonyl (C=O) groups excluding carboxylic acids is 1. The topological polar surface area (TPSA) is 75.0 Å². The second-order valence-electron chi connectivity index (χ2n) is 7.99. The number of benzene rings is 2. The number of unbranched alkanes of at least 4 members (excludes halogenated alkanes) is 7. The van der Waals surface area contributed by atoms with Gasteiger partial charge >= 0.3 is 11.6 Å². The lowest BCUT2D eigenvalue weighted by Gasteiger charge is -2.12. The highest BCUT2D eigenvalue weighted by molar-refractivity contribution is 5.95. The zero-order valence-electron chi connectivity index (χ0n) is 19.4. The van der Waals surface area contributed by atoms with Crippen molar-refractivity contribution >= 4 is 16.9 Å². The Balaban J connectivity index is 1.66. The Labute approximate surface area is 194 Å². The minimum Gasteiger partial charge on any atom is -0.493 e. The zero-order valence-corrected chi connectivity index (χ0v) is 19.4. The van der Waals surface area contributed by atoms with Crippen molar-refractivity contribution in [3.05, 3.63) is 64.5 Å². The Bertz CT molecular complexity index is 1090. The van der Waals surface area contributed by atoms with E-state index in [4.69, 9.17) is 18.6 Å². The van der Waals surface area contributed by atoms with Crippen LogP contribution >= 0.6 is 0 Å². The van der Waals surface area contributed by atoms with Crippen molar-refractivity contribution in [2.45, 2.75) is 58.3 Å². The van der Waals surface area contributed by atoms with Crippen LogP contribution in [0.25, 0.3) is 11.0 Å². The predicted molar refractivity (Wildman–Crippen MR) is 129 cm³/mol. The molecule has 33 heavy (non-hydrogen) atoms. The lowest BCUT2D eigenvalue weighted by molar-refractivity contribution is 0.0731. The van der Waals surface area contributed by atoms with Gasteiger partial charge in [0.05, 0.1) is 24.7 Å². The normalized spacial score (nSPS) is 10.8. The van der Waals surface area contributed by atoms with Crippen LogP contribution in [0.5, 0.6) is 17.2 Å². The van der Waals surface area contributed by atoms with Crippen LogP contribution in [0.4, 0.5) is 0 Å². The molecule has 0 amide bonds. The van der Waals surface area contributed by atoms with Gasteiger partial charge in [0.15, 0.2) is 5.75 Å². The lowest BCUT2D eigenvalue weighted by atomic mass is 10.1. The van der Waals surface area contributed by atoms with Gasteiger partial charge in [-0.25, -0.2) is 9.59 Å². The van der Waals surface area contributed by atoms with Crippen molar-refractivity contribution in [3.8, 4) is 17.2 Å². The first kappa shape index (κ1) is 24.4. The highest BCUT2D eigenvalue weighted by atomic mass is 16.6. The van der Waals surface area contributed by atoms with Gasteiger partial charge in [0, 0.05) is 6.07 Å². The quantitative estimate of drug-likeness (QED) is 0.166. The Morgan fingerprint density at radius 3 is 2.27 bits per heavy atom. The van der Waals surface area contributed by atoms with E-state index in [9.17, 15) is 9.59 Å². The van der Waals surface area contributed by atoms with Crippen molar-refractivity contribution in [3.63, 3.8) is 0 Å². The molecule has 0 atom stereocenters. The van der Waals surface area contributed by atoms with E-state index in [0.717, 1.165) is 12.8 Å². The molecule has 2 aromatic carbocycles. The second kappa shape index (κ2) is 12.7. The molecule has 0 spiro atoms. The van der Waals surface area contributed by atoms with Gasteiger partial charge in [-0.3, -0.25) is 0 Å². The molecule has 3 rings (SSSR count). The van der Waals surface area contributed by atoms with Gasteiger partial charge in [0.2, 0.25) is 5.75 Å². The number of ether oxygens (including phenoxy) is 3. The minimum absolute atomic E-state index is 0.0345. The minimum atomic E-state index is -0.721. The van der Waals surface area contributed by atoms with E-state index < -0.39 is 11.6 Å². The maximum Gasteiger partial charge on any atom is 0.383 e. The molecule has 3 aromatic rings. The standard InChI is InChI=1S/C27H32O6/c1-3-4-5-6-7-8-9-13-18-31-21-16-17-22-23(19-21)32-27(29)25(30-2)24(22)33-26(28)20-14-11-10-12-15-20/h10-12,14-17,19H,3-9,13,18H2,1-2H3. The van der Waals surface area contributed by atoms with Gasteiger partial charge in [0.25, 0.3) is 0 Å². The van der Waals surface area contributed by atoms with Crippen LogP contribution in [0.2, 0.25) is 0 Å². The molecule has 6 nitrogen and oxygen atoms in total. The number of carbonyl (C=O) groups is 1.